The molecule has 110 valence electrons. The summed E-state index contributed by atoms with van der Waals surface area (Å²) in [4.78, 5) is 12.2. The zero-order chi connectivity index (χ0) is 15.2. The summed E-state index contributed by atoms with van der Waals surface area (Å²) >= 11 is 3.30. The third-order valence-corrected chi connectivity index (χ3v) is 3.85. The van der Waals surface area contributed by atoms with Gasteiger partial charge in [-0.1, -0.05) is 42.5 Å². The highest BCUT2D eigenvalue weighted by molar-refractivity contribution is 9.10. The lowest BCUT2D eigenvalue weighted by atomic mass is 10.0. The van der Waals surface area contributed by atoms with Crippen LogP contribution in [0.3, 0.4) is 0 Å². The quantitative estimate of drug-likeness (QED) is 0.775. The van der Waals surface area contributed by atoms with Crippen LogP contribution in [0.25, 0.3) is 0 Å². The number of benzene rings is 2. The minimum atomic E-state index is -0.970. The zero-order valence-corrected chi connectivity index (χ0v) is 12.8. The molecule has 0 radical (unpaired) electrons. The van der Waals surface area contributed by atoms with Crippen LogP contribution in [0.1, 0.15) is 22.0 Å². The number of nitrogens with one attached hydrogen (secondary N) is 1. The molecule has 1 amide bonds. The van der Waals surface area contributed by atoms with Crippen LogP contribution in [0.15, 0.2) is 59.1 Å². The summed E-state index contributed by atoms with van der Waals surface area (Å²) < 4.78 is 0.661. The molecule has 2 aromatic carbocycles. The zero-order valence-electron chi connectivity index (χ0n) is 11.2. The molecule has 0 saturated heterocycles. The number of amides is 1. The Morgan fingerprint density at radius 2 is 1.71 bits per heavy atom. The first kappa shape index (κ1) is 15.7. The van der Waals surface area contributed by atoms with E-state index >= 15 is 0 Å². The van der Waals surface area contributed by atoms with Gasteiger partial charge in [0, 0.05) is 4.47 Å². The molecule has 2 aromatic rings. The molecule has 4 nitrogen and oxygen atoms in total. The van der Waals surface area contributed by atoms with E-state index in [-0.39, 0.29) is 12.5 Å². The van der Waals surface area contributed by atoms with Gasteiger partial charge in [-0.15, -0.1) is 0 Å². The maximum absolute atomic E-state index is 12.2. The van der Waals surface area contributed by atoms with Gasteiger partial charge in [-0.2, -0.15) is 0 Å². The van der Waals surface area contributed by atoms with E-state index in [4.69, 9.17) is 0 Å². The molecule has 0 fully saturated rings. The van der Waals surface area contributed by atoms with E-state index in [0.717, 1.165) is 0 Å². The SMILES string of the molecule is O=C(N[C@@H](CO)[C@@H](O)c1ccccc1)c1ccccc1Br. The van der Waals surface area contributed by atoms with Crippen molar-refractivity contribution in [2.75, 3.05) is 6.61 Å². The number of aliphatic hydroxyl groups excluding tert-OH is 2. The van der Waals surface area contributed by atoms with Crippen molar-refractivity contribution in [2.24, 2.45) is 0 Å². The monoisotopic (exact) mass is 349 g/mol. The van der Waals surface area contributed by atoms with Crippen LogP contribution in [-0.2, 0) is 0 Å². The van der Waals surface area contributed by atoms with Gasteiger partial charge in [0.05, 0.1) is 18.2 Å². The number of hydrogen-bond acceptors (Lipinski definition) is 3. The molecule has 0 unspecified atom stereocenters. The fourth-order valence-electron chi connectivity index (χ4n) is 2.00. The van der Waals surface area contributed by atoms with Gasteiger partial charge in [0.1, 0.15) is 6.10 Å². The number of rotatable bonds is 5. The first-order valence-corrected chi connectivity index (χ1v) is 7.32. The van der Waals surface area contributed by atoms with Crippen molar-refractivity contribution in [3.63, 3.8) is 0 Å². The number of carbonyl (C=O) groups excluding carboxylic acids is 1. The molecular formula is C16H16BrNO3. The Kier molecular flexibility index (Phi) is 5.50. The number of hydrogen-bond donors (Lipinski definition) is 3. The van der Waals surface area contributed by atoms with Crippen LogP contribution in [0, 0.1) is 0 Å². The molecule has 0 aliphatic heterocycles. The molecule has 5 heteroatoms. The largest absolute Gasteiger partial charge is 0.394 e. The second-order valence-corrected chi connectivity index (χ2v) is 5.45. The van der Waals surface area contributed by atoms with Crippen molar-refractivity contribution in [1.82, 2.24) is 5.32 Å². The highest BCUT2D eigenvalue weighted by Gasteiger charge is 2.23. The van der Waals surface area contributed by atoms with Crippen molar-refractivity contribution >= 4 is 21.8 Å². The Hall–Kier alpha value is -1.69. The summed E-state index contributed by atoms with van der Waals surface area (Å²) in [6.45, 7) is -0.355. The normalized spacial score (nSPS) is 13.5. The molecule has 0 aliphatic carbocycles. The van der Waals surface area contributed by atoms with Gasteiger partial charge in [-0.3, -0.25) is 4.79 Å². The summed E-state index contributed by atoms with van der Waals surface area (Å²) in [6.07, 6.45) is -0.970. The third-order valence-electron chi connectivity index (χ3n) is 3.15. The van der Waals surface area contributed by atoms with Crippen LogP contribution in [-0.4, -0.2) is 28.8 Å². The van der Waals surface area contributed by atoms with Crippen molar-refractivity contribution in [2.45, 2.75) is 12.1 Å². The van der Waals surface area contributed by atoms with Gasteiger partial charge in [0.15, 0.2) is 0 Å². The van der Waals surface area contributed by atoms with Gasteiger partial charge in [0.2, 0.25) is 0 Å². The van der Waals surface area contributed by atoms with E-state index < -0.39 is 12.1 Å². The molecule has 0 aliphatic rings. The lowest BCUT2D eigenvalue weighted by molar-refractivity contribution is 0.0702. The molecule has 3 N–H and O–H groups in total. The van der Waals surface area contributed by atoms with Gasteiger partial charge < -0.3 is 15.5 Å². The molecule has 0 aromatic heterocycles. The molecule has 0 bridgehead atoms. The van der Waals surface area contributed by atoms with Crippen LogP contribution in [0.2, 0.25) is 0 Å². The van der Waals surface area contributed by atoms with Crippen LogP contribution in [0.4, 0.5) is 0 Å². The third kappa shape index (κ3) is 3.91. The number of halogens is 1. The van der Waals surface area contributed by atoms with Crippen LogP contribution >= 0.6 is 15.9 Å². The van der Waals surface area contributed by atoms with Crippen LogP contribution in [0.5, 0.6) is 0 Å². The van der Waals surface area contributed by atoms with E-state index in [1.54, 1.807) is 42.5 Å². The first-order chi connectivity index (χ1) is 10.1. The Balaban J connectivity index is 2.12. The lowest BCUT2D eigenvalue weighted by Gasteiger charge is -2.22. The molecule has 21 heavy (non-hydrogen) atoms. The van der Waals surface area contributed by atoms with Gasteiger partial charge in [0.25, 0.3) is 5.91 Å². The minimum Gasteiger partial charge on any atom is -0.394 e. The van der Waals surface area contributed by atoms with Crippen molar-refractivity contribution in [1.29, 1.82) is 0 Å². The minimum absolute atomic E-state index is 0.350. The highest BCUT2D eigenvalue weighted by Crippen LogP contribution is 2.19. The summed E-state index contributed by atoms with van der Waals surface area (Å²) in [5, 5.41) is 22.3. The molecular weight excluding hydrogens is 334 g/mol. The van der Waals surface area contributed by atoms with E-state index in [1.807, 2.05) is 12.1 Å². The lowest BCUT2D eigenvalue weighted by Crippen LogP contribution is -2.42. The maximum Gasteiger partial charge on any atom is 0.252 e. The van der Waals surface area contributed by atoms with E-state index in [9.17, 15) is 15.0 Å². The Labute approximate surface area is 131 Å². The van der Waals surface area contributed by atoms with E-state index in [0.29, 0.717) is 15.6 Å². The topological polar surface area (TPSA) is 69.6 Å². The average molecular weight is 350 g/mol. The van der Waals surface area contributed by atoms with Gasteiger partial charge in [-0.05, 0) is 33.6 Å². The molecule has 2 rings (SSSR count). The summed E-state index contributed by atoms with van der Waals surface area (Å²) in [7, 11) is 0. The van der Waals surface area contributed by atoms with E-state index in [1.165, 1.54) is 0 Å². The summed E-state index contributed by atoms with van der Waals surface area (Å²) in [5.41, 5.74) is 1.10. The Morgan fingerprint density at radius 3 is 2.33 bits per heavy atom. The van der Waals surface area contributed by atoms with Gasteiger partial charge in [-0.25, -0.2) is 0 Å². The van der Waals surface area contributed by atoms with Crippen molar-refractivity contribution < 1.29 is 15.0 Å². The Bertz CT molecular complexity index is 603. The van der Waals surface area contributed by atoms with Crippen molar-refractivity contribution in [3.8, 4) is 0 Å². The number of aliphatic hydroxyl groups is 2. The molecule has 2 atom stereocenters. The maximum atomic E-state index is 12.2. The molecule has 0 heterocycles. The smallest absolute Gasteiger partial charge is 0.252 e. The predicted octanol–water partition coefficient (Wildman–Crippen LogP) is 2.27. The second kappa shape index (κ2) is 7.36. The Morgan fingerprint density at radius 1 is 1.10 bits per heavy atom. The van der Waals surface area contributed by atoms with Crippen LogP contribution < -0.4 is 5.32 Å². The van der Waals surface area contributed by atoms with E-state index in [2.05, 4.69) is 21.2 Å². The molecule has 0 spiro atoms. The standard InChI is InChI=1S/C16H16BrNO3/c17-13-9-5-4-8-12(13)16(21)18-14(10-19)15(20)11-6-2-1-3-7-11/h1-9,14-15,19-20H,10H2,(H,18,21)/t14-,15-/m0/s1. The summed E-state index contributed by atoms with van der Waals surface area (Å²) in [6, 6.07) is 15.1. The van der Waals surface area contributed by atoms with Gasteiger partial charge >= 0.3 is 0 Å². The fraction of sp³-hybridized carbons (Fsp3) is 0.188. The summed E-state index contributed by atoms with van der Waals surface area (Å²) in [5.74, 6) is -0.350. The fourth-order valence-corrected chi connectivity index (χ4v) is 2.46. The number of carbonyl (C=O) groups is 1. The molecule has 0 saturated carbocycles. The second-order valence-electron chi connectivity index (χ2n) is 4.60. The average Bonchev–Trinajstić information content (AvgIpc) is 2.53. The first-order valence-electron chi connectivity index (χ1n) is 6.52. The highest BCUT2D eigenvalue weighted by atomic mass is 79.9. The van der Waals surface area contributed by atoms with Crippen molar-refractivity contribution in [3.05, 3.63) is 70.2 Å². The predicted molar refractivity (Wildman–Crippen MR) is 83.9 cm³/mol.